The quantitative estimate of drug-likeness (QED) is 0.104. The standard InChI is InChI=1S/C57H38F12OS4/c1-27-23-41(29(3)71-27)48-50(54(62,63)56(66,67)52(48,58)59)43-25-46(73-31(43)5)36-15-11-34(12-16-36)38(20-21-40-39-10-8-7-9-33(39)19-22-45(40)70)35-13-17-37(18-14-35)47-26-44(32(6)74-47)51-49(42-24-28(2)72-30(42)4)53(60,61)57(68,69)55(51,64)65/h7-26H,1-6H3/b40-21-. The molecule has 0 saturated heterocycles. The average molecular weight is 1100 g/mol. The number of hydrogen-bond acceptors (Lipinski definition) is 5. The Kier molecular flexibility index (Phi) is 12.2. The Morgan fingerprint density at radius 2 is 0.797 bits per heavy atom. The van der Waals surface area contributed by atoms with Crippen molar-refractivity contribution in [2.45, 2.75) is 77.1 Å². The van der Waals surface area contributed by atoms with E-state index in [2.05, 4.69) is 0 Å². The predicted octanol–water partition coefficient (Wildman–Crippen LogP) is 18.9. The molecule has 0 saturated carbocycles. The molecule has 3 aliphatic carbocycles. The largest absolute Gasteiger partial charge is 0.380 e. The van der Waals surface area contributed by atoms with E-state index in [1.165, 1.54) is 58.0 Å². The Morgan fingerprint density at radius 1 is 0.432 bits per heavy atom. The third kappa shape index (κ3) is 7.64. The Bertz CT molecular complexity index is 3450. The number of benzene rings is 3. The van der Waals surface area contributed by atoms with Gasteiger partial charge < -0.3 is 0 Å². The van der Waals surface area contributed by atoms with Crippen molar-refractivity contribution in [1.29, 1.82) is 0 Å². The minimum absolute atomic E-state index is 0.110. The van der Waals surface area contributed by atoms with E-state index >= 15 is 52.7 Å². The second kappa shape index (κ2) is 17.5. The van der Waals surface area contributed by atoms with Crippen molar-refractivity contribution in [2.24, 2.45) is 0 Å². The first-order valence-electron chi connectivity index (χ1n) is 22.7. The van der Waals surface area contributed by atoms with E-state index < -0.39 is 69.0 Å². The fourth-order valence-corrected chi connectivity index (χ4v) is 13.9. The van der Waals surface area contributed by atoms with Crippen molar-refractivity contribution in [3.8, 4) is 20.9 Å². The number of thiophene rings is 4. The van der Waals surface area contributed by atoms with Crippen LogP contribution in [0.2, 0.25) is 0 Å². The van der Waals surface area contributed by atoms with Gasteiger partial charge in [-0.05, 0) is 139 Å². The van der Waals surface area contributed by atoms with Gasteiger partial charge in [0.2, 0.25) is 0 Å². The number of aryl methyl sites for hydroxylation is 6. The predicted molar refractivity (Wildman–Crippen MR) is 275 cm³/mol. The summed E-state index contributed by atoms with van der Waals surface area (Å²) in [7, 11) is 0. The third-order valence-corrected chi connectivity index (χ3v) is 17.8. The SMILES string of the molecule is Cc1cc(C2=C(c3cc(-c4ccc(C(=C/C=C5\C(=O)C=Cc6ccccc65)c5ccc(-c6cc(C7=C(c8cc(C)sc8C)C(F)(F)C(F)(F)C7(F)F)c(C)s6)cc5)cc4)sc3C)C(F)(F)C(F)(F)C2(F)F)c(C)s1. The monoisotopic (exact) mass is 1090 g/mol. The molecule has 0 fully saturated rings. The van der Waals surface area contributed by atoms with Gasteiger partial charge in [-0.2, -0.15) is 52.7 Å². The van der Waals surface area contributed by atoms with Gasteiger partial charge in [0.15, 0.2) is 5.78 Å². The molecule has 380 valence electrons. The fraction of sp³-hybridized carbons (Fsp3) is 0.211. The normalized spacial score (nSPS) is 19.5. The molecule has 3 aromatic carbocycles. The van der Waals surface area contributed by atoms with E-state index in [0.717, 1.165) is 50.9 Å². The van der Waals surface area contributed by atoms with E-state index in [0.29, 0.717) is 58.5 Å². The minimum atomic E-state index is -5.72. The van der Waals surface area contributed by atoms with Crippen LogP contribution in [0, 0.1) is 41.5 Å². The number of hydrogen-bond donors (Lipinski definition) is 0. The smallest absolute Gasteiger partial charge is 0.289 e. The summed E-state index contributed by atoms with van der Waals surface area (Å²) in [5.74, 6) is -32.5. The molecule has 4 heterocycles. The summed E-state index contributed by atoms with van der Waals surface area (Å²) in [5.41, 5.74) is -2.88. The van der Waals surface area contributed by atoms with Crippen molar-refractivity contribution in [1.82, 2.24) is 0 Å². The molecule has 74 heavy (non-hydrogen) atoms. The van der Waals surface area contributed by atoms with Crippen LogP contribution < -0.4 is 0 Å². The Morgan fingerprint density at radius 3 is 1.18 bits per heavy atom. The highest BCUT2D eigenvalue weighted by molar-refractivity contribution is 7.16. The van der Waals surface area contributed by atoms with E-state index in [-0.39, 0.29) is 36.4 Å². The summed E-state index contributed by atoms with van der Waals surface area (Å²) in [5, 5.41) is 0. The maximum atomic E-state index is 15.8. The molecule has 0 atom stereocenters. The molecule has 0 N–H and O–H groups in total. The number of halogens is 12. The van der Waals surface area contributed by atoms with Crippen molar-refractivity contribution in [3.63, 3.8) is 0 Å². The molecule has 0 bridgehead atoms. The lowest BCUT2D eigenvalue weighted by Gasteiger charge is -2.25. The summed E-state index contributed by atoms with van der Waals surface area (Å²) in [4.78, 5) is 15.5. The first-order valence-corrected chi connectivity index (χ1v) is 26.0. The minimum Gasteiger partial charge on any atom is -0.289 e. The van der Waals surface area contributed by atoms with Crippen molar-refractivity contribution >= 4 is 90.6 Å². The molecular weight excluding hydrogens is 1060 g/mol. The average Bonchev–Trinajstić information content (AvgIpc) is 4.13. The maximum Gasteiger partial charge on any atom is 0.380 e. The highest BCUT2D eigenvalue weighted by Gasteiger charge is 2.81. The zero-order chi connectivity index (χ0) is 53.4. The van der Waals surface area contributed by atoms with Crippen LogP contribution in [0.3, 0.4) is 0 Å². The number of fused-ring (bicyclic) bond motifs is 1. The fourth-order valence-electron chi connectivity index (χ4n) is 9.97. The van der Waals surface area contributed by atoms with Gasteiger partial charge in [0.25, 0.3) is 0 Å². The van der Waals surface area contributed by atoms with Crippen molar-refractivity contribution in [3.05, 3.63) is 189 Å². The molecule has 0 radical (unpaired) electrons. The molecule has 17 heteroatoms. The molecule has 10 rings (SSSR count). The summed E-state index contributed by atoms with van der Waals surface area (Å²) < 4.78 is 187. The van der Waals surface area contributed by atoms with Crippen molar-refractivity contribution in [2.75, 3.05) is 0 Å². The molecule has 1 nitrogen and oxygen atoms in total. The van der Waals surface area contributed by atoms with Gasteiger partial charge in [0.1, 0.15) is 0 Å². The van der Waals surface area contributed by atoms with E-state index in [9.17, 15) is 4.79 Å². The highest BCUT2D eigenvalue weighted by Crippen LogP contribution is 2.67. The first kappa shape index (κ1) is 51.5. The molecule has 0 spiro atoms. The topological polar surface area (TPSA) is 17.1 Å². The van der Waals surface area contributed by atoms with Crippen LogP contribution in [0.25, 0.3) is 60.4 Å². The number of ketones is 1. The summed E-state index contributed by atoms with van der Waals surface area (Å²) in [6.07, 6.45) is 6.50. The van der Waals surface area contributed by atoms with Crippen LogP contribution >= 0.6 is 45.3 Å². The second-order valence-electron chi connectivity index (χ2n) is 18.4. The van der Waals surface area contributed by atoms with Crippen LogP contribution in [0.5, 0.6) is 0 Å². The van der Waals surface area contributed by atoms with E-state index in [1.807, 2.05) is 12.1 Å². The summed E-state index contributed by atoms with van der Waals surface area (Å²) >= 11 is 3.99. The molecule has 0 aliphatic heterocycles. The molecular formula is C57H38F12OS4. The first-order chi connectivity index (χ1) is 34.6. The Labute approximate surface area is 432 Å². The molecule has 7 aromatic rings. The van der Waals surface area contributed by atoms with Crippen LogP contribution in [0.15, 0.2) is 115 Å². The number of carbonyl (C=O) groups excluding carboxylic acids is 1. The third-order valence-electron chi connectivity index (χ3n) is 13.6. The number of allylic oxidation sites excluding steroid dienone is 8. The lowest BCUT2D eigenvalue weighted by Crippen LogP contribution is -2.48. The lowest BCUT2D eigenvalue weighted by molar-refractivity contribution is -0.254. The van der Waals surface area contributed by atoms with Gasteiger partial charge in [0, 0.05) is 66.9 Å². The second-order valence-corrected chi connectivity index (χ2v) is 23.8. The number of rotatable bonds is 9. The highest BCUT2D eigenvalue weighted by atomic mass is 32.1. The van der Waals surface area contributed by atoms with Crippen LogP contribution in [0.1, 0.15) is 73.8 Å². The number of alkyl halides is 12. The Hall–Kier alpha value is -6.01. The molecule has 4 aromatic heterocycles. The summed E-state index contributed by atoms with van der Waals surface area (Å²) in [6.45, 7) is 8.76. The van der Waals surface area contributed by atoms with Crippen LogP contribution in [-0.4, -0.2) is 41.3 Å². The molecule has 0 amide bonds. The Balaban J connectivity index is 1.05. The van der Waals surface area contributed by atoms with Crippen LogP contribution in [-0.2, 0) is 4.79 Å². The molecule has 0 unspecified atom stereocenters. The van der Waals surface area contributed by atoms with E-state index in [1.54, 1.807) is 92.7 Å². The molecule has 3 aliphatic rings. The zero-order valence-corrected chi connectivity index (χ0v) is 42.9. The van der Waals surface area contributed by atoms with Gasteiger partial charge >= 0.3 is 35.5 Å². The van der Waals surface area contributed by atoms with Gasteiger partial charge in [0.05, 0.1) is 0 Å². The zero-order valence-electron chi connectivity index (χ0n) is 39.6. The van der Waals surface area contributed by atoms with Crippen LogP contribution in [0.4, 0.5) is 52.7 Å². The maximum absolute atomic E-state index is 15.8. The lowest BCUT2D eigenvalue weighted by atomic mass is 9.90. The van der Waals surface area contributed by atoms with Gasteiger partial charge in [-0.25, -0.2) is 0 Å². The van der Waals surface area contributed by atoms with Gasteiger partial charge in [-0.15, -0.1) is 45.3 Å². The van der Waals surface area contributed by atoms with E-state index in [4.69, 9.17) is 0 Å². The van der Waals surface area contributed by atoms with Gasteiger partial charge in [-0.1, -0.05) is 84.9 Å². The summed E-state index contributed by atoms with van der Waals surface area (Å²) in [6, 6.07) is 25.5. The number of carbonyl (C=O) groups is 1. The van der Waals surface area contributed by atoms with Crippen molar-refractivity contribution < 1.29 is 57.5 Å². The van der Waals surface area contributed by atoms with Gasteiger partial charge in [-0.3, -0.25) is 4.79 Å².